The van der Waals surface area contributed by atoms with E-state index in [9.17, 15) is 9.18 Å². The molecule has 0 saturated heterocycles. The molecule has 1 amide bonds. The first kappa shape index (κ1) is 16.7. The molecule has 0 unspecified atom stereocenters. The number of aryl methyl sites for hydroxylation is 2. The van der Waals surface area contributed by atoms with Crippen LogP contribution in [0, 0.1) is 19.7 Å². The summed E-state index contributed by atoms with van der Waals surface area (Å²) < 4.78 is 13.0. The summed E-state index contributed by atoms with van der Waals surface area (Å²) >= 11 is 0. The number of carbonyl (C=O) groups is 1. The van der Waals surface area contributed by atoms with Gasteiger partial charge < -0.3 is 5.32 Å². The molecule has 0 radical (unpaired) electrons. The Hall–Kier alpha value is -2.20. The second-order valence-corrected chi connectivity index (χ2v) is 6.63. The first-order chi connectivity index (χ1) is 11.5. The maximum Gasteiger partial charge on any atom is 0.238 e. The van der Waals surface area contributed by atoms with E-state index < -0.39 is 0 Å². The molecule has 0 aliphatic heterocycles. The van der Waals surface area contributed by atoms with Gasteiger partial charge in [-0.3, -0.25) is 9.69 Å². The lowest BCUT2D eigenvalue weighted by molar-refractivity contribution is -0.117. The molecule has 24 heavy (non-hydrogen) atoms. The molecule has 1 N–H and O–H groups in total. The number of amides is 1. The summed E-state index contributed by atoms with van der Waals surface area (Å²) in [6, 6.07) is 13.0. The van der Waals surface area contributed by atoms with Crippen molar-refractivity contribution in [2.24, 2.45) is 0 Å². The van der Waals surface area contributed by atoms with Crippen molar-refractivity contribution in [1.82, 2.24) is 4.90 Å². The van der Waals surface area contributed by atoms with E-state index in [0.717, 1.165) is 35.2 Å². The first-order valence-corrected chi connectivity index (χ1v) is 8.37. The summed E-state index contributed by atoms with van der Waals surface area (Å²) in [5, 5.41) is 3.02. The number of benzene rings is 2. The molecule has 0 bridgehead atoms. The molecule has 1 aliphatic rings. The quantitative estimate of drug-likeness (QED) is 0.869. The number of halogens is 1. The molecule has 1 saturated carbocycles. The lowest BCUT2D eigenvalue weighted by Gasteiger charge is -2.22. The molecule has 126 valence electrons. The van der Waals surface area contributed by atoms with E-state index in [1.165, 1.54) is 12.1 Å². The van der Waals surface area contributed by atoms with E-state index in [2.05, 4.69) is 10.2 Å². The minimum atomic E-state index is -0.232. The van der Waals surface area contributed by atoms with E-state index in [4.69, 9.17) is 0 Å². The monoisotopic (exact) mass is 326 g/mol. The summed E-state index contributed by atoms with van der Waals surface area (Å²) in [6.45, 7) is 5.03. The van der Waals surface area contributed by atoms with Gasteiger partial charge in [0.2, 0.25) is 5.91 Å². The minimum absolute atomic E-state index is 0.00212. The van der Waals surface area contributed by atoms with Crippen molar-refractivity contribution in [1.29, 1.82) is 0 Å². The van der Waals surface area contributed by atoms with Crippen molar-refractivity contribution in [2.45, 2.75) is 39.3 Å². The van der Waals surface area contributed by atoms with Crippen LogP contribution in [0.4, 0.5) is 10.1 Å². The molecule has 3 rings (SSSR count). The Morgan fingerprint density at radius 2 is 1.88 bits per heavy atom. The molecule has 0 heterocycles. The van der Waals surface area contributed by atoms with Gasteiger partial charge in [-0.15, -0.1) is 0 Å². The molecular weight excluding hydrogens is 303 g/mol. The minimum Gasteiger partial charge on any atom is -0.325 e. The largest absolute Gasteiger partial charge is 0.325 e. The van der Waals surface area contributed by atoms with Crippen LogP contribution in [-0.4, -0.2) is 23.4 Å². The van der Waals surface area contributed by atoms with Crippen LogP contribution in [0.15, 0.2) is 42.5 Å². The van der Waals surface area contributed by atoms with Crippen LogP contribution in [-0.2, 0) is 11.3 Å². The number of hydrogen-bond acceptors (Lipinski definition) is 2. The average molecular weight is 326 g/mol. The zero-order valence-electron chi connectivity index (χ0n) is 14.2. The predicted molar refractivity (Wildman–Crippen MR) is 94.4 cm³/mol. The summed E-state index contributed by atoms with van der Waals surface area (Å²) in [5.74, 6) is -0.234. The second kappa shape index (κ2) is 7.14. The van der Waals surface area contributed by atoms with Crippen molar-refractivity contribution < 1.29 is 9.18 Å². The molecule has 2 aromatic carbocycles. The van der Waals surface area contributed by atoms with Gasteiger partial charge in [-0.05, 0) is 61.6 Å². The fourth-order valence-corrected chi connectivity index (χ4v) is 2.82. The highest BCUT2D eigenvalue weighted by Gasteiger charge is 2.30. The van der Waals surface area contributed by atoms with Crippen molar-refractivity contribution >= 4 is 11.6 Å². The van der Waals surface area contributed by atoms with Gasteiger partial charge >= 0.3 is 0 Å². The topological polar surface area (TPSA) is 32.3 Å². The van der Waals surface area contributed by atoms with E-state index in [-0.39, 0.29) is 11.7 Å². The molecule has 1 fully saturated rings. The van der Waals surface area contributed by atoms with Crippen molar-refractivity contribution in [3.05, 3.63) is 65.0 Å². The third-order valence-corrected chi connectivity index (χ3v) is 4.38. The number of nitrogens with one attached hydrogen (secondary N) is 1. The third kappa shape index (κ3) is 4.42. The number of rotatable bonds is 6. The van der Waals surface area contributed by atoms with Crippen molar-refractivity contribution in [2.75, 3.05) is 11.9 Å². The molecule has 1 aliphatic carbocycles. The van der Waals surface area contributed by atoms with Gasteiger partial charge in [-0.1, -0.05) is 24.3 Å². The van der Waals surface area contributed by atoms with Crippen LogP contribution in [0.5, 0.6) is 0 Å². The Bertz CT molecular complexity index is 723. The maximum atomic E-state index is 13.0. The second-order valence-electron chi connectivity index (χ2n) is 6.63. The van der Waals surface area contributed by atoms with Gasteiger partial charge in [0.05, 0.1) is 6.54 Å². The SMILES string of the molecule is Cc1ccc(C)c(NC(=O)CN(Cc2ccc(F)cc2)C2CC2)c1. The molecule has 4 heteroatoms. The lowest BCUT2D eigenvalue weighted by atomic mass is 10.1. The van der Waals surface area contributed by atoms with Crippen LogP contribution in [0.2, 0.25) is 0 Å². The Morgan fingerprint density at radius 1 is 1.17 bits per heavy atom. The van der Waals surface area contributed by atoms with Gasteiger partial charge in [0, 0.05) is 18.3 Å². The Balaban J connectivity index is 1.63. The normalized spacial score (nSPS) is 14.0. The molecule has 3 nitrogen and oxygen atoms in total. The van der Waals surface area contributed by atoms with E-state index in [1.54, 1.807) is 12.1 Å². The fraction of sp³-hybridized carbons (Fsp3) is 0.350. The summed E-state index contributed by atoms with van der Waals surface area (Å²) in [5.41, 5.74) is 4.09. The molecular formula is C20H23FN2O. The maximum absolute atomic E-state index is 13.0. The van der Waals surface area contributed by atoms with Crippen LogP contribution >= 0.6 is 0 Å². The number of anilines is 1. The van der Waals surface area contributed by atoms with Crippen LogP contribution in [0.25, 0.3) is 0 Å². The third-order valence-electron chi connectivity index (χ3n) is 4.38. The van der Waals surface area contributed by atoms with Crippen LogP contribution < -0.4 is 5.32 Å². The van der Waals surface area contributed by atoms with E-state index in [0.29, 0.717) is 19.1 Å². The zero-order valence-corrected chi connectivity index (χ0v) is 14.2. The van der Waals surface area contributed by atoms with E-state index in [1.807, 2.05) is 32.0 Å². The Morgan fingerprint density at radius 3 is 2.54 bits per heavy atom. The summed E-state index contributed by atoms with van der Waals surface area (Å²) in [6.07, 6.45) is 2.25. The highest BCUT2D eigenvalue weighted by molar-refractivity contribution is 5.93. The van der Waals surface area contributed by atoms with Gasteiger partial charge in [0.25, 0.3) is 0 Å². The number of nitrogens with zero attached hydrogens (tertiary/aromatic N) is 1. The fourth-order valence-electron chi connectivity index (χ4n) is 2.82. The predicted octanol–water partition coefficient (Wildman–Crippen LogP) is 4.05. The highest BCUT2D eigenvalue weighted by atomic mass is 19.1. The Kier molecular flexibility index (Phi) is 4.95. The van der Waals surface area contributed by atoms with Gasteiger partial charge in [-0.25, -0.2) is 4.39 Å². The number of carbonyl (C=O) groups excluding carboxylic acids is 1. The van der Waals surface area contributed by atoms with E-state index >= 15 is 0 Å². The van der Waals surface area contributed by atoms with Crippen molar-refractivity contribution in [3.8, 4) is 0 Å². The van der Waals surface area contributed by atoms with Crippen LogP contribution in [0.1, 0.15) is 29.5 Å². The highest BCUT2D eigenvalue weighted by Crippen LogP contribution is 2.28. The van der Waals surface area contributed by atoms with Gasteiger partial charge in [0.15, 0.2) is 0 Å². The summed E-state index contributed by atoms with van der Waals surface area (Å²) in [7, 11) is 0. The first-order valence-electron chi connectivity index (χ1n) is 8.37. The average Bonchev–Trinajstić information content (AvgIpc) is 3.37. The smallest absolute Gasteiger partial charge is 0.238 e. The Labute approximate surface area is 142 Å². The summed E-state index contributed by atoms with van der Waals surface area (Å²) in [4.78, 5) is 14.6. The molecule has 0 aromatic heterocycles. The zero-order chi connectivity index (χ0) is 17.1. The van der Waals surface area contributed by atoms with Gasteiger partial charge in [0.1, 0.15) is 5.82 Å². The lowest BCUT2D eigenvalue weighted by Crippen LogP contribution is -2.34. The molecule has 2 aromatic rings. The molecule has 0 spiro atoms. The molecule has 0 atom stereocenters. The number of hydrogen-bond donors (Lipinski definition) is 1. The standard InChI is InChI=1S/C20H23FN2O/c1-14-3-4-15(2)19(11-14)22-20(24)13-23(18-9-10-18)12-16-5-7-17(21)8-6-16/h3-8,11,18H,9-10,12-13H2,1-2H3,(H,22,24). The van der Waals surface area contributed by atoms with Crippen LogP contribution in [0.3, 0.4) is 0 Å². The van der Waals surface area contributed by atoms with Gasteiger partial charge in [-0.2, -0.15) is 0 Å². The van der Waals surface area contributed by atoms with Crippen molar-refractivity contribution in [3.63, 3.8) is 0 Å².